The molecule has 1 aromatic carbocycles. The molecule has 0 spiro atoms. The molecular weight excluding hydrogens is 452 g/mol. The number of anilines is 1. The fourth-order valence-electron chi connectivity index (χ4n) is 2.63. The molecule has 0 radical (unpaired) electrons. The number of nitrogens with two attached hydrogens (primary N) is 3. The number of rotatable bonds is 14. The number of hydrogen-bond donors (Lipinski definition) is 7. The van der Waals surface area contributed by atoms with Crippen LogP contribution < -0.4 is 33.2 Å². The predicted molar refractivity (Wildman–Crippen MR) is 121 cm³/mol. The van der Waals surface area contributed by atoms with Crippen LogP contribution in [0.2, 0.25) is 0 Å². The van der Waals surface area contributed by atoms with E-state index in [9.17, 15) is 29.3 Å². The molecule has 0 saturated heterocycles. The predicted octanol–water partition coefficient (Wildman–Crippen LogP) is -1.62. The fraction of sp³-hybridized carbons (Fsp3) is 0.421. The molecule has 0 unspecified atom stereocenters. The van der Waals surface area contributed by atoms with Crippen LogP contribution in [0.15, 0.2) is 29.3 Å². The normalized spacial score (nSPS) is 12.0. The van der Waals surface area contributed by atoms with Crippen molar-refractivity contribution in [3.8, 4) is 0 Å². The van der Waals surface area contributed by atoms with Gasteiger partial charge in [-0.05, 0) is 31.4 Å². The Kier molecular flexibility index (Phi) is 11.4. The molecule has 0 aromatic heterocycles. The molecule has 0 heterocycles. The summed E-state index contributed by atoms with van der Waals surface area (Å²) in [5.41, 5.74) is 16.4. The second-order valence-corrected chi connectivity index (χ2v) is 7.12. The van der Waals surface area contributed by atoms with Crippen LogP contribution in [0.1, 0.15) is 25.7 Å². The molecule has 34 heavy (non-hydrogen) atoms. The molecule has 0 aliphatic rings. The number of nitrogens with one attached hydrogen (secondary N) is 3. The lowest BCUT2D eigenvalue weighted by Gasteiger charge is -2.19. The van der Waals surface area contributed by atoms with E-state index in [0.29, 0.717) is 12.1 Å². The van der Waals surface area contributed by atoms with Crippen molar-refractivity contribution in [3.63, 3.8) is 0 Å². The summed E-state index contributed by atoms with van der Waals surface area (Å²) in [7, 11) is 0. The van der Waals surface area contributed by atoms with Gasteiger partial charge >= 0.3 is 5.97 Å². The Hall–Kier alpha value is -4.27. The highest BCUT2D eigenvalue weighted by Crippen LogP contribution is 2.17. The molecule has 1 rings (SSSR count). The third-order valence-electron chi connectivity index (χ3n) is 4.37. The van der Waals surface area contributed by atoms with Crippen molar-refractivity contribution in [3.05, 3.63) is 34.4 Å². The van der Waals surface area contributed by atoms with Gasteiger partial charge in [0.25, 0.3) is 5.69 Å². The topological polar surface area (TPSA) is 258 Å². The van der Waals surface area contributed by atoms with Crippen LogP contribution in [0.4, 0.5) is 11.4 Å². The summed E-state index contributed by atoms with van der Waals surface area (Å²) < 4.78 is 0. The number of hydrogen-bond acceptors (Lipinski definition) is 9. The number of nitrogens with zero attached hydrogens (tertiary/aromatic N) is 2. The summed E-state index contributed by atoms with van der Waals surface area (Å²) in [5.74, 6) is -3.49. The van der Waals surface area contributed by atoms with Gasteiger partial charge in [0.05, 0.1) is 17.5 Å². The largest absolute Gasteiger partial charge is 0.481 e. The van der Waals surface area contributed by atoms with E-state index in [0.717, 1.165) is 0 Å². The molecule has 0 bridgehead atoms. The van der Waals surface area contributed by atoms with Crippen molar-refractivity contribution in [2.45, 2.75) is 37.8 Å². The molecule has 0 aliphatic heterocycles. The van der Waals surface area contributed by atoms with Gasteiger partial charge in [-0.25, -0.2) is 0 Å². The third-order valence-corrected chi connectivity index (χ3v) is 4.37. The van der Waals surface area contributed by atoms with Gasteiger partial charge in [0, 0.05) is 30.8 Å². The molecule has 0 saturated carbocycles. The van der Waals surface area contributed by atoms with E-state index in [4.69, 9.17) is 22.3 Å². The summed E-state index contributed by atoms with van der Waals surface area (Å²) in [5, 5.41) is 26.7. The van der Waals surface area contributed by atoms with Crippen molar-refractivity contribution in [2.75, 3.05) is 18.4 Å². The monoisotopic (exact) mass is 480 g/mol. The molecule has 15 nitrogen and oxygen atoms in total. The number of carbonyl (C=O) groups excluding carboxylic acids is 3. The Morgan fingerprint density at radius 3 is 2.29 bits per heavy atom. The number of carbonyl (C=O) groups is 4. The van der Waals surface area contributed by atoms with E-state index in [2.05, 4.69) is 20.9 Å². The lowest BCUT2D eigenvalue weighted by molar-refractivity contribution is -0.384. The van der Waals surface area contributed by atoms with Crippen LogP contribution >= 0.6 is 0 Å². The van der Waals surface area contributed by atoms with Gasteiger partial charge in [0.1, 0.15) is 6.04 Å². The van der Waals surface area contributed by atoms with Crippen molar-refractivity contribution >= 4 is 41.0 Å². The van der Waals surface area contributed by atoms with Crippen molar-refractivity contribution < 1.29 is 29.2 Å². The number of carboxylic acids is 1. The fourth-order valence-corrected chi connectivity index (χ4v) is 2.63. The van der Waals surface area contributed by atoms with Crippen LogP contribution in [0.3, 0.4) is 0 Å². The minimum atomic E-state index is -1.12. The van der Waals surface area contributed by atoms with Gasteiger partial charge in [-0.1, -0.05) is 0 Å². The van der Waals surface area contributed by atoms with Gasteiger partial charge in [-0.15, -0.1) is 0 Å². The number of carboxylic acid groups (broad SMARTS) is 1. The maximum absolute atomic E-state index is 12.6. The first-order valence-corrected chi connectivity index (χ1v) is 10.1. The highest BCUT2D eigenvalue weighted by atomic mass is 16.6. The quantitative estimate of drug-likeness (QED) is 0.0523. The molecular formula is C19H28N8O7. The third kappa shape index (κ3) is 10.9. The van der Waals surface area contributed by atoms with Gasteiger partial charge in [-0.3, -0.25) is 39.6 Å². The zero-order valence-corrected chi connectivity index (χ0v) is 18.2. The molecule has 186 valence electrons. The molecule has 0 aliphatic carbocycles. The smallest absolute Gasteiger partial charge is 0.303 e. The number of guanidine groups is 1. The molecule has 3 amide bonds. The summed E-state index contributed by atoms with van der Waals surface area (Å²) >= 11 is 0. The standard InChI is InChI=1S/C19H28N8O7/c20-13(7-8-16(29)30)17(31)24-10-15(28)26-18(32)14(2-1-9-23-19(21)22)25-11-3-5-12(6-4-11)27(33)34/h3-6,13-14,25H,1-2,7-10,20H2,(H,24,31)(H,29,30)(H4,21,22,23)(H,26,28,32)/t13-,14-/m0/s1. The van der Waals surface area contributed by atoms with Gasteiger partial charge < -0.3 is 32.9 Å². The van der Waals surface area contributed by atoms with Crippen LogP contribution in [0.5, 0.6) is 0 Å². The first kappa shape index (κ1) is 27.8. The lowest BCUT2D eigenvalue weighted by Crippen LogP contribution is -2.48. The number of non-ortho nitro benzene ring substituents is 1. The number of nitro groups is 1. The Morgan fingerprint density at radius 2 is 1.74 bits per heavy atom. The minimum absolute atomic E-state index is 0.112. The van der Waals surface area contributed by atoms with Crippen LogP contribution in [-0.2, 0) is 19.2 Å². The summed E-state index contributed by atoms with van der Waals surface area (Å²) in [6.07, 6.45) is 0.159. The zero-order valence-electron chi connectivity index (χ0n) is 18.2. The highest BCUT2D eigenvalue weighted by Gasteiger charge is 2.22. The number of amides is 3. The Balaban J connectivity index is 2.71. The number of nitro benzene ring substituents is 1. The molecule has 0 fully saturated rings. The Morgan fingerprint density at radius 1 is 1.09 bits per heavy atom. The average Bonchev–Trinajstić information content (AvgIpc) is 2.77. The van der Waals surface area contributed by atoms with Crippen molar-refractivity contribution in [2.24, 2.45) is 22.2 Å². The molecule has 10 N–H and O–H groups in total. The Bertz CT molecular complexity index is 916. The van der Waals surface area contributed by atoms with Gasteiger partial charge in [0.15, 0.2) is 5.96 Å². The average molecular weight is 480 g/mol. The molecule has 15 heteroatoms. The van der Waals surface area contributed by atoms with E-state index >= 15 is 0 Å². The van der Waals surface area contributed by atoms with E-state index in [-0.39, 0.29) is 37.5 Å². The highest BCUT2D eigenvalue weighted by molar-refractivity contribution is 6.00. The Labute approximate surface area is 194 Å². The molecule has 2 atom stereocenters. The molecule has 1 aromatic rings. The summed E-state index contributed by atoms with van der Waals surface area (Å²) in [4.78, 5) is 61.2. The minimum Gasteiger partial charge on any atom is -0.481 e. The lowest BCUT2D eigenvalue weighted by atomic mass is 10.1. The number of imide groups is 1. The number of benzene rings is 1. The number of aliphatic carboxylic acids is 1. The van der Waals surface area contributed by atoms with Crippen molar-refractivity contribution in [1.29, 1.82) is 0 Å². The van der Waals surface area contributed by atoms with E-state index < -0.39 is 47.2 Å². The van der Waals surface area contributed by atoms with Crippen LogP contribution in [0, 0.1) is 10.1 Å². The van der Waals surface area contributed by atoms with Crippen molar-refractivity contribution in [1.82, 2.24) is 10.6 Å². The second-order valence-electron chi connectivity index (χ2n) is 7.12. The summed E-state index contributed by atoms with van der Waals surface area (Å²) in [6.45, 7) is -0.324. The first-order valence-electron chi connectivity index (χ1n) is 10.1. The van der Waals surface area contributed by atoms with E-state index in [1.165, 1.54) is 24.3 Å². The van der Waals surface area contributed by atoms with Crippen LogP contribution in [0.25, 0.3) is 0 Å². The van der Waals surface area contributed by atoms with Crippen LogP contribution in [-0.4, -0.2) is 64.9 Å². The van der Waals surface area contributed by atoms with Gasteiger partial charge in [-0.2, -0.15) is 0 Å². The SMILES string of the molecule is NC(N)=NCCC[C@H](Nc1ccc([N+](=O)[O-])cc1)C(=O)NC(=O)CNC(=O)[C@@H](N)CCC(=O)O. The maximum Gasteiger partial charge on any atom is 0.303 e. The van der Waals surface area contributed by atoms with E-state index in [1.807, 2.05) is 0 Å². The first-order chi connectivity index (χ1) is 16.0. The maximum atomic E-state index is 12.6. The second kappa shape index (κ2) is 14.0. The zero-order chi connectivity index (χ0) is 25.7. The van der Waals surface area contributed by atoms with E-state index in [1.54, 1.807) is 0 Å². The van der Waals surface area contributed by atoms with Gasteiger partial charge in [0.2, 0.25) is 17.7 Å². The number of aliphatic imine (C=N–C) groups is 1. The summed E-state index contributed by atoms with van der Waals surface area (Å²) in [6, 6.07) is 3.29.